The first-order chi connectivity index (χ1) is 11.3. The minimum absolute atomic E-state index is 0.493. The average molecular weight is 357 g/mol. The molecule has 0 amide bonds. The van der Waals surface area contributed by atoms with Gasteiger partial charge >= 0.3 is 6.18 Å². The van der Waals surface area contributed by atoms with Crippen molar-refractivity contribution in [3.63, 3.8) is 0 Å². The second kappa shape index (κ2) is 6.64. The second-order valence-electron chi connectivity index (χ2n) is 5.78. The topological polar surface area (TPSA) is 45.2 Å². The predicted molar refractivity (Wildman–Crippen MR) is 86.1 cm³/mol. The van der Waals surface area contributed by atoms with Crippen molar-refractivity contribution in [2.75, 3.05) is 31.1 Å². The molecule has 1 aliphatic heterocycles. The lowest BCUT2D eigenvalue weighted by Crippen LogP contribution is -2.46. The number of rotatable bonds is 3. The number of aryl methyl sites for hydroxylation is 2. The highest BCUT2D eigenvalue weighted by Crippen LogP contribution is 2.28. The van der Waals surface area contributed by atoms with Crippen LogP contribution in [0, 0.1) is 13.8 Å². The number of halogens is 3. The first-order valence-corrected chi connectivity index (χ1v) is 8.46. The molecule has 1 fully saturated rings. The van der Waals surface area contributed by atoms with E-state index in [-0.39, 0.29) is 0 Å². The molecule has 2 aromatic heterocycles. The molecule has 5 nitrogen and oxygen atoms in total. The van der Waals surface area contributed by atoms with E-state index >= 15 is 0 Å². The molecule has 0 aromatic carbocycles. The monoisotopic (exact) mass is 357 g/mol. The van der Waals surface area contributed by atoms with Crippen LogP contribution in [0.1, 0.15) is 21.3 Å². The third kappa shape index (κ3) is 3.84. The molecular formula is C15H18F3N5S. The fourth-order valence-corrected chi connectivity index (χ4v) is 3.68. The van der Waals surface area contributed by atoms with E-state index in [9.17, 15) is 13.2 Å². The third-order valence-corrected chi connectivity index (χ3v) is 5.06. The first kappa shape index (κ1) is 17.1. The number of hydrogen-bond donors (Lipinski definition) is 0. The molecule has 24 heavy (non-hydrogen) atoms. The van der Waals surface area contributed by atoms with Crippen molar-refractivity contribution < 1.29 is 13.2 Å². The van der Waals surface area contributed by atoms with E-state index in [4.69, 9.17) is 0 Å². The smallest absolute Gasteiger partial charge is 0.353 e. The number of thiazole rings is 1. The van der Waals surface area contributed by atoms with Gasteiger partial charge in [-0.2, -0.15) is 13.2 Å². The maximum absolute atomic E-state index is 12.5. The van der Waals surface area contributed by atoms with Gasteiger partial charge in [-0.15, -0.1) is 21.5 Å². The summed E-state index contributed by atoms with van der Waals surface area (Å²) in [5, 5.41) is 8.08. The van der Waals surface area contributed by atoms with Crippen molar-refractivity contribution in [3.8, 4) is 0 Å². The quantitative estimate of drug-likeness (QED) is 0.845. The summed E-state index contributed by atoms with van der Waals surface area (Å²) in [7, 11) is 0. The van der Waals surface area contributed by atoms with Crippen molar-refractivity contribution in [3.05, 3.63) is 33.4 Å². The fourth-order valence-electron chi connectivity index (χ4n) is 2.70. The zero-order chi connectivity index (χ0) is 17.3. The van der Waals surface area contributed by atoms with Gasteiger partial charge in [0.25, 0.3) is 0 Å². The zero-order valence-corrected chi connectivity index (χ0v) is 14.3. The van der Waals surface area contributed by atoms with Gasteiger partial charge in [0.2, 0.25) is 0 Å². The van der Waals surface area contributed by atoms with E-state index in [0.717, 1.165) is 49.5 Å². The highest BCUT2D eigenvalue weighted by molar-refractivity contribution is 7.11. The molecule has 1 aliphatic rings. The van der Waals surface area contributed by atoms with Crippen LogP contribution in [0.2, 0.25) is 0 Å². The number of hydrogen-bond acceptors (Lipinski definition) is 6. The second-order valence-corrected chi connectivity index (χ2v) is 7.07. The Bertz CT molecular complexity index is 690. The molecule has 2 aromatic rings. The van der Waals surface area contributed by atoms with Crippen molar-refractivity contribution >= 4 is 17.2 Å². The molecule has 1 saturated heterocycles. The van der Waals surface area contributed by atoms with Crippen molar-refractivity contribution in [1.82, 2.24) is 20.1 Å². The van der Waals surface area contributed by atoms with Crippen LogP contribution in [-0.2, 0) is 12.7 Å². The first-order valence-electron chi connectivity index (χ1n) is 7.64. The third-order valence-electron chi connectivity index (χ3n) is 4.00. The average Bonchev–Trinajstić information content (AvgIpc) is 2.85. The summed E-state index contributed by atoms with van der Waals surface area (Å²) in [6.45, 7) is 7.99. The molecular weight excluding hydrogens is 339 g/mol. The fraction of sp³-hybridized carbons (Fsp3) is 0.533. The standard InChI is InChI=1S/C15H18F3N5S/c1-10-12(24-11(2)19-10)9-22-5-7-23(8-6-22)14-4-3-13(20-21-14)15(16,17)18/h3-4H,5-9H2,1-2H3. The molecule has 0 saturated carbocycles. The Labute approximate surface area is 142 Å². The summed E-state index contributed by atoms with van der Waals surface area (Å²) in [6.07, 6.45) is -4.45. The van der Waals surface area contributed by atoms with Gasteiger partial charge in [-0.1, -0.05) is 0 Å². The molecule has 0 N–H and O–H groups in total. The Morgan fingerprint density at radius 2 is 1.79 bits per heavy atom. The van der Waals surface area contributed by atoms with E-state index in [2.05, 4.69) is 20.1 Å². The van der Waals surface area contributed by atoms with Crippen molar-refractivity contribution in [1.29, 1.82) is 0 Å². The van der Waals surface area contributed by atoms with E-state index in [1.807, 2.05) is 18.7 Å². The Balaban J connectivity index is 1.58. The van der Waals surface area contributed by atoms with Crippen LogP contribution in [0.3, 0.4) is 0 Å². The van der Waals surface area contributed by atoms with Crippen molar-refractivity contribution in [2.45, 2.75) is 26.6 Å². The lowest BCUT2D eigenvalue weighted by atomic mass is 10.2. The Hall–Kier alpha value is -1.74. The maximum atomic E-state index is 12.5. The number of alkyl halides is 3. The highest BCUT2D eigenvalue weighted by Gasteiger charge is 2.33. The number of anilines is 1. The van der Waals surface area contributed by atoms with Crippen LogP contribution >= 0.6 is 11.3 Å². The molecule has 0 unspecified atom stereocenters. The van der Waals surface area contributed by atoms with E-state index in [1.165, 1.54) is 10.9 Å². The molecule has 0 aliphatic carbocycles. The molecule has 0 bridgehead atoms. The van der Waals surface area contributed by atoms with Gasteiger partial charge < -0.3 is 4.90 Å². The van der Waals surface area contributed by atoms with E-state index < -0.39 is 11.9 Å². The largest absolute Gasteiger partial charge is 0.435 e. The SMILES string of the molecule is Cc1nc(C)c(CN2CCN(c3ccc(C(F)(F)F)nn3)CC2)s1. The van der Waals surface area contributed by atoms with E-state index in [0.29, 0.717) is 5.82 Å². The van der Waals surface area contributed by atoms with Crippen LogP contribution in [0.25, 0.3) is 0 Å². The summed E-state index contributed by atoms with van der Waals surface area (Å²) in [4.78, 5) is 10.0. The predicted octanol–water partition coefficient (Wildman–Crippen LogP) is 2.89. The minimum Gasteiger partial charge on any atom is -0.353 e. The normalized spacial score (nSPS) is 16.6. The van der Waals surface area contributed by atoms with Gasteiger partial charge in [0.15, 0.2) is 11.5 Å². The maximum Gasteiger partial charge on any atom is 0.435 e. The summed E-state index contributed by atoms with van der Waals surface area (Å²) in [5.41, 5.74) is 0.120. The van der Waals surface area contributed by atoms with Crippen LogP contribution in [0.15, 0.2) is 12.1 Å². The minimum atomic E-state index is -4.45. The molecule has 0 spiro atoms. The number of aromatic nitrogens is 3. The summed E-state index contributed by atoms with van der Waals surface area (Å²) < 4.78 is 37.6. The van der Waals surface area contributed by atoms with E-state index in [1.54, 1.807) is 11.3 Å². The van der Waals surface area contributed by atoms with Gasteiger partial charge in [0.05, 0.1) is 10.7 Å². The Morgan fingerprint density at radius 3 is 2.29 bits per heavy atom. The van der Waals surface area contributed by atoms with Crippen LogP contribution in [0.4, 0.5) is 19.0 Å². The molecule has 9 heteroatoms. The molecule has 0 atom stereocenters. The molecule has 3 heterocycles. The lowest BCUT2D eigenvalue weighted by Gasteiger charge is -2.35. The summed E-state index contributed by atoms with van der Waals surface area (Å²) >= 11 is 1.71. The number of piperazine rings is 1. The van der Waals surface area contributed by atoms with Crippen LogP contribution < -0.4 is 4.90 Å². The van der Waals surface area contributed by atoms with Gasteiger partial charge in [0, 0.05) is 37.6 Å². The van der Waals surface area contributed by atoms with Gasteiger partial charge in [-0.3, -0.25) is 4.90 Å². The van der Waals surface area contributed by atoms with Gasteiger partial charge in [-0.05, 0) is 26.0 Å². The Morgan fingerprint density at radius 1 is 1.08 bits per heavy atom. The van der Waals surface area contributed by atoms with Gasteiger partial charge in [-0.25, -0.2) is 4.98 Å². The summed E-state index contributed by atoms with van der Waals surface area (Å²) in [6, 6.07) is 2.38. The lowest BCUT2D eigenvalue weighted by molar-refractivity contribution is -0.141. The summed E-state index contributed by atoms with van der Waals surface area (Å²) in [5.74, 6) is 0.493. The van der Waals surface area contributed by atoms with Gasteiger partial charge in [0.1, 0.15) is 0 Å². The highest BCUT2D eigenvalue weighted by atomic mass is 32.1. The zero-order valence-electron chi connectivity index (χ0n) is 13.5. The van der Waals surface area contributed by atoms with Crippen molar-refractivity contribution in [2.24, 2.45) is 0 Å². The molecule has 0 radical (unpaired) electrons. The molecule has 130 valence electrons. The molecule has 3 rings (SSSR count). The number of nitrogens with zero attached hydrogens (tertiary/aromatic N) is 5. The van der Waals surface area contributed by atoms with Crippen LogP contribution in [-0.4, -0.2) is 46.3 Å². The van der Waals surface area contributed by atoms with Crippen LogP contribution in [0.5, 0.6) is 0 Å². The Kier molecular flexibility index (Phi) is 4.73.